The monoisotopic (exact) mass is 646 g/mol. The number of rotatable bonds is 2. The summed E-state index contributed by atoms with van der Waals surface area (Å²) in [4.78, 5) is 10.4. The molecular weight excluding hydrogens is 603 g/mol. The Balaban J connectivity index is 0.00000193. The number of halogens is 2. The topological polar surface area (TPSA) is 43.2 Å². The first-order chi connectivity index (χ1) is 14.5. The molecule has 7 heteroatoms. The first kappa shape index (κ1) is 32.4. The van der Waals surface area contributed by atoms with E-state index < -0.39 is 0 Å². The van der Waals surface area contributed by atoms with Gasteiger partial charge in [0.2, 0.25) is 0 Å². The summed E-state index contributed by atoms with van der Waals surface area (Å²) in [5.41, 5.74) is -0.0405. The maximum Gasteiger partial charge on any atom is 2.00 e. The molecule has 0 N–H and O–H groups in total. The van der Waals surface area contributed by atoms with Gasteiger partial charge in [-0.15, -0.1) is 0 Å². The standard InChI is InChI=1S/C27H46N2O2.2BrH.Ni/c1-24(2,3)22-26(15-11-7-8-12-16-26)30-20(28-22)19-21-29-23(25(4,5)6)27(31-21)17-13-9-10-14-18-27;;;/h22-23H,7-19H2,1-6H3;2*1H;/q;;;+2/p-2/t22-,23-;;;/m1.../s1. The van der Waals surface area contributed by atoms with Crippen LogP contribution in [0.1, 0.15) is 125 Å². The predicted octanol–water partition coefficient (Wildman–Crippen LogP) is 1.25. The fourth-order valence-electron chi connectivity index (χ4n) is 6.82. The van der Waals surface area contributed by atoms with E-state index in [1.54, 1.807) is 0 Å². The summed E-state index contributed by atoms with van der Waals surface area (Å²) >= 11 is 0. The molecule has 2 spiro atoms. The predicted molar refractivity (Wildman–Crippen MR) is 129 cm³/mol. The molecule has 0 bridgehead atoms. The molecule has 4 nitrogen and oxygen atoms in total. The van der Waals surface area contributed by atoms with Crippen molar-refractivity contribution in [3.05, 3.63) is 0 Å². The Hall–Kier alpha value is 0.394. The zero-order valence-corrected chi connectivity index (χ0v) is 26.3. The van der Waals surface area contributed by atoms with Gasteiger partial charge in [-0.25, -0.2) is 9.98 Å². The third kappa shape index (κ3) is 6.83. The number of hydrogen-bond acceptors (Lipinski definition) is 4. The van der Waals surface area contributed by atoms with Crippen molar-refractivity contribution in [2.24, 2.45) is 20.8 Å². The minimum atomic E-state index is -0.118. The molecule has 2 saturated carbocycles. The van der Waals surface area contributed by atoms with Gasteiger partial charge >= 0.3 is 16.5 Å². The molecule has 0 radical (unpaired) electrons. The molecule has 0 aromatic carbocycles. The first-order valence-corrected chi connectivity index (χ1v) is 13.1. The number of nitrogens with zero attached hydrogens (tertiary/aromatic N) is 2. The van der Waals surface area contributed by atoms with Gasteiger partial charge in [-0.3, -0.25) is 0 Å². The van der Waals surface area contributed by atoms with Crippen LogP contribution in [0.4, 0.5) is 0 Å². The Morgan fingerprint density at radius 2 is 0.912 bits per heavy atom. The maximum absolute atomic E-state index is 6.78. The van der Waals surface area contributed by atoms with Crippen LogP contribution in [0.25, 0.3) is 0 Å². The van der Waals surface area contributed by atoms with Crippen molar-refractivity contribution >= 4 is 11.8 Å². The van der Waals surface area contributed by atoms with Crippen LogP contribution in [0.3, 0.4) is 0 Å². The van der Waals surface area contributed by atoms with E-state index in [0.29, 0.717) is 6.42 Å². The van der Waals surface area contributed by atoms with Crippen LogP contribution in [0.2, 0.25) is 0 Å². The minimum absolute atomic E-state index is 0. The Morgan fingerprint density at radius 1 is 0.618 bits per heavy atom. The van der Waals surface area contributed by atoms with Gasteiger partial charge < -0.3 is 43.4 Å². The van der Waals surface area contributed by atoms with Crippen LogP contribution in [-0.4, -0.2) is 35.1 Å². The van der Waals surface area contributed by atoms with Crippen molar-refractivity contribution in [2.75, 3.05) is 0 Å². The van der Waals surface area contributed by atoms with Gasteiger partial charge in [0.05, 0.1) is 18.5 Å². The Bertz CT molecular complexity index is 651. The molecule has 200 valence electrons. The fraction of sp³-hybridized carbons (Fsp3) is 0.926. The Morgan fingerprint density at radius 3 is 1.18 bits per heavy atom. The first-order valence-electron chi connectivity index (χ1n) is 13.1. The van der Waals surface area contributed by atoms with Gasteiger partial charge in [-0.1, -0.05) is 67.2 Å². The minimum Gasteiger partial charge on any atom is -1.00 e. The largest absolute Gasteiger partial charge is 2.00 e. The molecule has 2 aliphatic heterocycles. The molecule has 0 amide bonds. The van der Waals surface area contributed by atoms with Crippen LogP contribution in [0, 0.1) is 10.8 Å². The van der Waals surface area contributed by atoms with Crippen molar-refractivity contribution in [2.45, 2.75) is 148 Å². The molecular formula is C27H46Br2N2NiO2. The van der Waals surface area contributed by atoms with Crippen molar-refractivity contribution < 1.29 is 59.9 Å². The van der Waals surface area contributed by atoms with E-state index >= 15 is 0 Å². The number of ether oxygens (including phenoxy) is 2. The number of aliphatic imine (C=N–C) groups is 2. The van der Waals surface area contributed by atoms with Crippen molar-refractivity contribution in [1.82, 2.24) is 0 Å². The molecule has 2 aliphatic carbocycles. The van der Waals surface area contributed by atoms with Crippen LogP contribution in [0.15, 0.2) is 9.98 Å². The molecule has 2 heterocycles. The third-order valence-electron chi connectivity index (χ3n) is 8.03. The summed E-state index contributed by atoms with van der Waals surface area (Å²) < 4.78 is 13.6. The zero-order chi connectivity index (χ0) is 22.3. The van der Waals surface area contributed by atoms with Crippen LogP contribution >= 0.6 is 0 Å². The van der Waals surface area contributed by atoms with E-state index in [9.17, 15) is 0 Å². The molecule has 4 rings (SSSR count). The Kier molecular flexibility index (Phi) is 11.7. The smallest absolute Gasteiger partial charge is 1.00 e. The van der Waals surface area contributed by atoms with Gasteiger partial charge in [-0.05, 0) is 62.2 Å². The van der Waals surface area contributed by atoms with Gasteiger partial charge in [0.15, 0.2) is 11.8 Å². The van der Waals surface area contributed by atoms with E-state index in [-0.39, 0.29) is 84.6 Å². The second kappa shape index (κ2) is 12.3. The summed E-state index contributed by atoms with van der Waals surface area (Å²) in [6.45, 7) is 13.9. The summed E-state index contributed by atoms with van der Waals surface area (Å²) in [7, 11) is 0. The molecule has 2 fully saturated rings. The maximum atomic E-state index is 6.78. The Labute approximate surface area is 239 Å². The van der Waals surface area contributed by atoms with Crippen molar-refractivity contribution in [3.63, 3.8) is 0 Å². The molecule has 0 unspecified atom stereocenters. The van der Waals surface area contributed by atoms with Gasteiger partial charge in [0, 0.05) is 0 Å². The van der Waals surface area contributed by atoms with Gasteiger partial charge in [0.1, 0.15) is 11.2 Å². The summed E-state index contributed by atoms with van der Waals surface area (Å²) in [5.74, 6) is 1.75. The summed E-state index contributed by atoms with van der Waals surface area (Å²) in [5, 5.41) is 0. The second-order valence-electron chi connectivity index (χ2n) is 12.9. The normalized spacial score (nSPS) is 28.2. The van der Waals surface area contributed by atoms with E-state index in [0.717, 1.165) is 37.5 Å². The molecule has 0 aromatic rings. The van der Waals surface area contributed by atoms with E-state index in [2.05, 4.69) is 41.5 Å². The van der Waals surface area contributed by atoms with E-state index in [1.807, 2.05) is 0 Å². The molecule has 2 atom stereocenters. The van der Waals surface area contributed by atoms with Crippen LogP contribution < -0.4 is 34.0 Å². The molecule has 4 aliphatic rings. The van der Waals surface area contributed by atoms with Crippen LogP contribution in [0.5, 0.6) is 0 Å². The SMILES string of the molecule is CC(C)(C)[C@H]1N=C(CC2=N[C@H](C(C)(C)C)C3(CCCCCC3)O2)OC12CCCCCC2.[Br-].[Br-].[Ni+2]. The van der Waals surface area contributed by atoms with Crippen LogP contribution in [-0.2, 0) is 26.0 Å². The quantitative estimate of drug-likeness (QED) is 0.424. The van der Waals surface area contributed by atoms with E-state index in [4.69, 9.17) is 19.5 Å². The second-order valence-corrected chi connectivity index (χ2v) is 12.9. The molecule has 0 aromatic heterocycles. The average Bonchev–Trinajstić information content (AvgIpc) is 2.97. The van der Waals surface area contributed by atoms with Crippen molar-refractivity contribution in [1.29, 1.82) is 0 Å². The molecule has 0 saturated heterocycles. The van der Waals surface area contributed by atoms with E-state index in [1.165, 1.54) is 51.4 Å². The number of hydrogen-bond donors (Lipinski definition) is 0. The fourth-order valence-corrected chi connectivity index (χ4v) is 6.82. The van der Waals surface area contributed by atoms with Crippen molar-refractivity contribution in [3.8, 4) is 0 Å². The third-order valence-corrected chi connectivity index (χ3v) is 8.03. The summed E-state index contributed by atoms with van der Waals surface area (Å²) in [6, 6.07) is 0.445. The molecule has 34 heavy (non-hydrogen) atoms. The summed E-state index contributed by atoms with van der Waals surface area (Å²) in [6.07, 6.45) is 15.4. The zero-order valence-electron chi connectivity index (χ0n) is 22.1. The average molecular weight is 649 g/mol. The van der Waals surface area contributed by atoms with Gasteiger partial charge in [0.25, 0.3) is 0 Å². The van der Waals surface area contributed by atoms with Gasteiger partial charge in [-0.2, -0.15) is 0 Å².